The van der Waals surface area contributed by atoms with Gasteiger partial charge in [-0.1, -0.05) is 0 Å². The van der Waals surface area contributed by atoms with Gasteiger partial charge in [0.05, 0.1) is 0 Å². The standard InChI is InChI=1S/C19H31N3O/c1-3-22(4-2)18-12-10-17(11-13-18)20-19(23)9-5-6-14-21-15-7-8-16-21/h10-13H,3-9,14-16H2,1-2H3,(H,20,23). The lowest BCUT2D eigenvalue weighted by Crippen LogP contribution is -2.21. The Bertz CT molecular complexity index is 462. The van der Waals surface area contributed by atoms with E-state index in [0.29, 0.717) is 6.42 Å². The zero-order chi connectivity index (χ0) is 16.5. The average Bonchev–Trinajstić information content (AvgIpc) is 3.08. The van der Waals surface area contributed by atoms with Gasteiger partial charge in [0.2, 0.25) is 5.91 Å². The summed E-state index contributed by atoms with van der Waals surface area (Å²) in [4.78, 5) is 16.8. The number of hydrogen-bond acceptors (Lipinski definition) is 3. The number of carbonyl (C=O) groups excluding carboxylic acids is 1. The number of nitrogens with zero attached hydrogens (tertiary/aromatic N) is 2. The fraction of sp³-hybridized carbons (Fsp3) is 0.632. The van der Waals surface area contributed by atoms with Crippen LogP contribution < -0.4 is 10.2 Å². The van der Waals surface area contributed by atoms with E-state index < -0.39 is 0 Å². The van der Waals surface area contributed by atoms with Gasteiger partial charge in [-0.2, -0.15) is 0 Å². The van der Waals surface area contributed by atoms with Crippen molar-refractivity contribution in [2.45, 2.75) is 46.0 Å². The van der Waals surface area contributed by atoms with E-state index in [9.17, 15) is 4.79 Å². The molecule has 0 saturated carbocycles. The number of unbranched alkanes of at least 4 members (excludes halogenated alkanes) is 1. The minimum absolute atomic E-state index is 0.127. The Morgan fingerprint density at radius 1 is 1.09 bits per heavy atom. The predicted molar refractivity (Wildman–Crippen MR) is 98.2 cm³/mol. The van der Waals surface area contributed by atoms with E-state index >= 15 is 0 Å². The minimum atomic E-state index is 0.127. The zero-order valence-corrected chi connectivity index (χ0v) is 14.7. The van der Waals surface area contributed by atoms with Crippen molar-refractivity contribution in [3.8, 4) is 0 Å². The molecule has 1 fully saturated rings. The van der Waals surface area contributed by atoms with Crippen LogP contribution in [0.2, 0.25) is 0 Å². The van der Waals surface area contributed by atoms with Gasteiger partial charge in [-0.15, -0.1) is 0 Å². The van der Waals surface area contributed by atoms with Gasteiger partial charge < -0.3 is 15.1 Å². The second-order valence-electron chi connectivity index (χ2n) is 6.27. The van der Waals surface area contributed by atoms with Crippen LogP contribution in [0.5, 0.6) is 0 Å². The van der Waals surface area contributed by atoms with Crippen LogP contribution in [0.3, 0.4) is 0 Å². The van der Waals surface area contributed by atoms with E-state index in [1.807, 2.05) is 12.1 Å². The highest BCUT2D eigenvalue weighted by molar-refractivity contribution is 5.90. The molecular formula is C19H31N3O. The lowest BCUT2D eigenvalue weighted by Gasteiger charge is -2.21. The summed E-state index contributed by atoms with van der Waals surface area (Å²) in [5.41, 5.74) is 2.10. The quantitative estimate of drug-likeness (QED) is 0.705. The van der Waals surface area contributed by atoms with Crippen LogP contribution in [0.25, 0.3) is 0 Å². The smallest absolute Gasteiger partial charge is 0.224 e. The summed E-state index contributed by atoms with van der Waals surface area (Å²) in [6.45, 7) is 9.93. The van der Waals surface area contributed by atoms with E-state index in [1.165, 1.54) is 31.6 Å². The molecular weight excluding hydrogens is 286 g/mol. The lowest BCUT2D eigenvalue weighted by molar-refractivity contribution is -0.116. The van der Waals surface area contributed by atoms with Crippen molar-refractivity contribution >= 4 is 17.3 Å². The summed E-state index contributed by atoms with van der Waals surface area (Å²) in [7, 11) is 0. The number of nitrogens with one attached hydrogen (secondary N) is 1. The molecule has 0 aliphatic carbocycles. The summed E-state index contributed by atoms with van der Waals surface area (Å²) in [6, 6.07) is 8.15. The van der Waals surface area contributed by atoms with E-state index in [0.717, 1.165) is 38.2 Å². The van der Waals surface area contributed by atoms with Gasteiger partial charge in [0.15, 0.2) is 0 Å². The Morgan fingerprint density at radius 3 is 2.35 bits per heavy atom. The highest BCUT2D eigenvalue weighted by Gasteiger charge is 2.11. The molecule has 1 aliphatic rings. The molecule has 128 valence electrons. The molecule has 1 heterocycles. The molecule has 1 amide bonds. The van der Waals surface area contributed by atoms with Crippen LogP contribution in [-0.2, 0) is 4.79 Å². The first-order valence-electron chi connectivity index (χ1n) is 9.10. The SMILES string of the molecule is CCN(CC)c1ccc(NC(=O)CCCCN2CCCC2)cc1. The van der Waals surface area contributed by atoms with Crippen LogP contribution in [0.1, 0.15) is 46.0 Å². The molecule has 1 saturated heterocycles. The van der Waals surface area contributed by atoms with Crippen LogP contribution in [0.15, 0.2) is 24.3 Å². The second kappa shape index (κ2) is 9.56. The van der Waals surface area contributed by atoms with Crippen molar-refractivity contribution in [2.75, 3.05) is 42.9 Å². The van der Waals surface area contributed by atoms with Gasteiger partial charge >= 0.3 is 0 Å². The van der Waals surface area contributed by atoms with Crippen LogP contribution in [0, 0.1) is 0 Å². The molecule has 1 aromatic carbocycles. The number of hydrogen-bond donors (Lipinski definition) is 1. The third-order valence-corrected chi connectivity index (χ3v) is 4.61. The third kappa shape index (κ3) is 5.87. The number of rotatable bonds is 9. The average molecular weight is 317 g/mol. The normalized spacial score (nSPS) is 14.9. The summed E-state index contributed by atoms with van der Waals surface area (Å²) in [5.74, 6) is 0.127. The number of carbonyl (C=O) groups is 1. The van der Waals surface area contributed by atoms with E-state index in [2.05, 4.69) is 41.1 Å². The highest BCUT2D eigenvalue weighted by Crippen LogP contribution is 2.18. The molecule has 0 spiro atoms. The molecule has 1 N–H and O–H groups in total. The Balaban J connectivity index is 1.68. The second-order valence-corrected chi connectivity index (χ2v) is 6.27. The highest BCUT2D eigenvalue weighted by atomic mass is 16.1. The Labute approximate surface area is 140 Å². The molecule has 4 nitrogen and oxygen atoms in total. The van der Waals surface area contributed by atoms with Crippen molar-refractivity contribution in [3.63, 3.8) is 0 Å². The molecule has 0 aromatic heterocycles. The Kier molecular flexibility index (Phi) is 7.40. The monoisotopic (exact) mass is 317 g/mol. The van der Waals surface area contributed by atoms with Crippen LogP contribution >= 0.6 is 0 Å². The van der Waals surface area contributed by atoms with E-state index in [1.54, 1.807) is 0 Å². The molecule has 0 radical (unpaired) electrons. The number of benzene rings is 1. The maximum atomic E-state index is 12.0. The predicted octanol–water partition coefficient (Wildman–Crippen LogP) is 3.74. The minimum Gasteiger partial charge on any atom is -0.372 e. The fourth-order valence-electron chi connectivity index (χ4n) is 3.20. The molecule has 0 bridgehead atoms. The topological polar surface area (TPSA) is 35.6 Å². The maximum absolute atomic E-state index is 12.0. The molecule has 2 rings (SSSR count). The molecule has 1 aliphatic heterocycles. The van der Waals surface area contributed by atoms with E-state index in [4.69, 9.17) is 0 Å². The van der Waals surface area contributed by atoms with Gasteiger partial charge in [0.25, 0.3) is 0 Å². The van der Waals surface area contributed by atoms with Crippen LogP contribution in [0.4, 0.5) is 11.4 Å². The number of amides is 1. The number of likely N-dealkylation sites (tertiary alicyclic amines) is 1. The lowest BCUT2D eigenvalue weighted by atomic mass is 10.2. The summed E-state index contributed by atoms with van der Waals surface area (Å²) in [6.07, 6.45) is 5.38. The molecule has 23 heavy (non-hydrogen) atoms. The van der Waals surface area contributed by atoms with Gasteiger partial charge in [-0.25, -0.2) is 0 Å². The molecule has 0 unspecified atom stereocenters. The van der Waals surface area contributed by atoms with Crippen molar-refractivity contribution in [1.29, 1.82) is 0 Å². The van der Waals surface area contributed by atoms with Gasteiger partial charge in [0, 0.05) is 30.9 Å². The van der Waals surface area contributed by atoms with Crippen molar-refractivity contribution in [1.82, 2.24) is 4.90 Å². The first-order chi connectivity index (χ1) is 11.2. The Hall–Kier alpha value is -1.55. The third-order valence-electron chi connectivity index (χ3n) is 4.61. The maximum Gasteiger partial charge on any atom is 0.224 e. The first-order valence-corrected chi connectivity index (χ1v) is 9.10. The first kappa shape index (κ1) is 17.8. The fourth-order valence-corrected chi connectivity index (χ4v) is 3.20. The summed E-state index contributed by atoms with van der Waals surface area (Å²) >= 11 is 0. The molecule has 0 atom stereocenters. The largest absolute Gasteiger partial charge is 0.372 e. The number of anilines is 2. The van der Waals surface area contributed by atoms with Gasteiger partial charge in [-0.05, 0) is 83.4 Å². The summed E-state index contributed by atoms with van der Waals surface area (Å²) in [5, 5.41) is 3.00. The Morgan fingerprint density at radius 2 is 1.74 bits per heavy atom. The van der Waals surface area contributed by atoms with Gasteiger partial charge in [0.1, 0.15) is 0 Å². The van der Waals surface area contributed by atoms with Gasteiger partial charge in [-0.3, -0.25) is 4.79 Å². The summed E-state index contributed by atoms with van der Waals surface area (Å²) < 4.78 is 0. The van der Waals surface area contributed by atoms with Crippen molar-refractivity contribution in [2.24, 2.45) is 0 Å². The van der Waals surface area contributed by atoms with Crippen molar-refractivity contribution < 1.29 is 4.79 Å². The zero-order valence-electron chi connectivity index (χ0n) is 14.7. The molecule has 1 aromatic rings. The van der Waals surface area contributed by atoms with Crippen LogP contribution in [-0.4, -0.2) is 43.5 Å². The molecule has 4 heteroatoms. The van der Waals surface area contributed by atoms with E-state index in [-0.39, 0.29) is 5.91 Å². The van der Waals surface area contributed by atoms with Crippen molar-refractivity contribution in [3.05, 3.63) is 24.3 Å².